The van der Waals surface area contributed by atoms with E-state index in [1.807, 2.05) is 4.90 Å². The molecular formula is C22H27N5O5. The van der Waals surface area contributed by atoms with Gasteiger partial charge in [-0.1, -0.05) is 0 Å². The average molecular weight is 441 g/mol. The number of imide groups is 2. The van der Waals surface area contributed by atoms with Gasteiger partial charge in [-0.15, -0.1) is 0 Å². The fourth-order valence-corrected chi connectivity index (χ4v) is 4.45. The number of carbonyl (C=O) groups excluding carboxylic acids is 5. The molecule has 0 spiro atoms. The number of carbonyl (C=O) groups is 5. The summed E-state index contributed by atoms with van der Waals surface area (Å²) in [6.45, 7) is 3.02. The number of nitrogens with zero attached hydrogens (tertiary/aromatic N) is 3. The molecule has 32 heavy (non-hydrogen) atoms. The number of unbranched alkanes of at least 4 members (excludes halogenated alkanes) is 1. The van der Waals surface area contributed by atoms with Crippen molar-refractivity contribution >= 4 is 35.2 Å². The SMILES string of the molecule is NCCCCC(=O)N1CCN(c2ccc3c(c2)C(=O)N(C2CCC(=O)NC2=O)C3=O)CC1. The monoisotopic (exact) mass is 441 g/mol. The Bertz CT molecular complexity index is 969. The third-order valence-electron chi connectivity index (χ3n) is 6.27. The minimum atomic E-state index is -0.975. The number of piperidine rings is 1. The van der Waals surface area contributed by atoms with Gasteiger partial charge in [-0.3, -0.25) is 34.2 Å². The van der Waals surface area contributed by atoms with Crippen molar-refractivity contribution in [2.45, 2.75) is 38.1 Å². The summed E-state index contributed by atoms with van der Waals surface area (Å²) in [5.74, 6) is -1.92. The largest absolute Gasteiger partial charge is 0.368 e. The number of amides is 5. The smallest absolute Gasteiger partial charge is 0.262 e. The summed E-state index contributed by atoms with van der Waals surface area (Å²) < 4.78 is 0. The molecule has 1 aromatic carbocycles. The maximum Gasteiger partial charge on any atom is 0.262 e. The van der Waals surface area contributed by atoms with Gasteiger partial charge >= 0.3 is 0 Å². The predicted octanol–water partition coefficient (Wildman–Crippen LogP) is -0.135. The third kappa shape index (κ3) is 4.10. The normalized spacial score (nSPS) is 21.2. The molecule has 10 nitrogen and oxygen atoms in total. The van der Waals surface area contributed by atoms with Crippen LogP contribution >= 0.6 is 0 Å². The van der Waals surface area contributed by atoms with Gasteiger partial charge in [-0.2, -0.15) is 0 Å². The van der Waals surface area contributed by atoms with Gasteiger partial charge in [0, 0.05) is 44.7 Å². The number of nitrogens with one attached hydrogen (secondary N) is 1. The quantitative estimate of drug-likeness (QED) is 0.464. The van der Waals surface area contributed by atoms with E-state index in [1.54, 1.807) is 18.2 Å². The number of rotatable bonds is 6. The fraction of sp³-hybridized carbons (Fsp3) is 0.500. The lowest BCUT2D eigenvalue weighted by atomic mass is 10.0. The summed E-state index contributed by atoms with van der Waals surface area (Å²) >= 11 is 0. The number of piperazine rings is 1. The van der Waals surface area contributed by atoms with E-state index in [2.05, 4.69) is 10.2 Å². The summed E-state index contributed by atoms with van der Waals surface area (Å²) in [7, 11) is 0. The van der Waals surface area contributed by atoms with E-state index in [0.29, 0.717) is 39.1 Å². The highest BCUT2D eigenvalue weighted by Gasteiger charge is 2.44. The van der Waals surface area contributed by atoms with Crippen molar-refractivity contribution in [2.24, 2.45) is 5.73 Å². The van der Waals surface area contributed by atoms with E-state index < -0.39 is 29.7 Å². The van der Waals surface area contributed by atoms with E-state index in [-0.39, 0.29) is 29.9 Å². The molecule has 0 bridgehead atoms. The molecule has 10 heteroatoms. The minimum Gasteiger partial charge on any atom is -0.368 e. The van der Waals surface area contributed by atoms with Crippen LogP contribution in [0.5, 0.6) is 0 Å². The molecule has 0 aliphatic carbocycles. The van der Waals surface area contributed by atoms with Gasteiger partial charge in [-0.25, -0.2) is 0 Å². The molecule has 3 aliphatic heterocycles. The van der Waals surface area contributed by atoms with E-state index in [0.717, 1.165) is 23.4 Å². The fourth-order valence-electron chi connectivity index (χ4n) is 4.45. The van der Waals surface area contributed by atoms with Crippen LogP contribution in [-0.2, 0) is 14.4 Å². The van der Waals surface area contributed by atoms with Gasteiger partial charge < -0.3 is 15.5 Å². The second-order valence-corrected chi connectivity index (χ2v) is 8.29. The first kappa shape index (κ1) is 21.9. The molecule has 0 radical (unpaired) electrons. The Morgan fingerprint density at radius 2 is 1.72 bits per heavy atom. The lowest BCUT2D eigenvalue weighted by molar-refractivity contribution is -0.136. The Hall–Kier alpha value is -3.27. The average Bonchev–Trinajstić information content (AvgIpc) is 3.04. The molecule has 4 rings (SSSR count). The van der Waals surface area contributed by atoms with Crippen LogP contribution < -0.4 is 16.0 Å². The molecule has 170 valence electrons. The first-order valence-corrected chi connectivity index (χ1v) is 11.0. The van der Waals surface area contributed by atoms with Gasteiger partial charge in [-0.05, 0) is 44.0 Å². The first-order valence-electron chi connectivity index (χ1n) is 11.0. The lowest BCUT2D eigenvalue weighted by Crippen LogP contribution is -2.54. The zero-order valence-electron chi connectivity index (χ0n) is 17.8. The van der Waals surface area contributed by atoms with Crippen molar-refractivity contribution in [2.75, 3.05) is 37.6 Å². The molecule has 5 amide bonds. The summed E-state index contributed by atoms with van der Waals surface area (Å²) in [6.07, 6.45) is 2.35. The zero-order valence-corrected chi connectivity index (χ0v) is 17.8. The highest BCUT2D eigenvalue weighted by Crippen LogP contribution is 2.31. The Labute approximate surface area is 185 Å². The van der Waals surface area contributed by atoms with Crippen LogP contribution in [0, 0.1) is 0 Å². The van der Waals surface area contributed by atoms with Crippen LogP contribution in [0.4, 0.5) is 5.69 Å². The molecule has 0 aromatic heterocycles. The highest BCUT2D eigenvalue weighted by atomic mass is 16.2. The number of fused-ring (bicyclic) bond motifs is 1. The van der Waals surface area contributed by atoms with Crippen molar-refractivity contribution in [3.05, 3.63) is 29.3 Å². The summed E-state index contributed by atoms with van der Waals surface area (Å²) in [6, 6.07) is 4.11. The standard InChI is InChI=1S/C22H27N5O5/c23-8-2-1-3-19(29)26-11-9-25(10-12-26)14-4-5-15-16(13-14)22(32)27(21(15)31)17-6-7-18(28)24-20(17)30/h4-5,13,17H,1-3,6-12,23H2,(H,24,28,30). The van der Waals surface area contributed by atoms with Crippen molar-refractivity contribution in [3.8, 4) is 0 Å². The highest BCUT2D eigenvalue weighted by molar-refractivity contribution is 6.23. The molecule has 3 N–H and O–H groups in total. The number of hydrogen-bond acceptors (Lipinski definition) is 7. The van der Waals surface area contributed by atoms with E-state index in [1.165, 1.54) is 0 Å². The van der Waals surface area contributed by atoms with Gasteiger partial charge in [0.15, 0.2) is 0 Å². The summed E-state index contributed by atoms with van der Waals surface area (Å²) in [4.78, 5) is 66.6. The topological polar surface area (TPSA) is 133 Å². The lowest BCUT2D eigenvalue weighted by Gasteiger charge is -2.36. The number of hydrogen-bond donors (Lipinski definition) is 2. The van der Waals surface area contributed by atoms with Crippen LogP contribution in [0.25, 0.3) is 0 Å². The molecule has 3 aliphatic rings. The third-order valence-corrected chi connectivity index (χ3v) is 6.27. The molecule has 1 atom stereocenters. The van der Waals surface area contributed by atoms with Crippen molar-refractivity contribution in [3.63, 3.8) is 0 Å². The van der Waals surface area contributed by atoms with Gasteiger partial charge in [0.1, 0.15) is 6.04 Å². The first-order chi connectivity index (χ1) is 15.4. The molecule has 2 fully saturated rings. The number of benzene rings is 1. The molecular weight excluding hydrogens is 414 g/mol. The molecule has 1 unspecified atom stereocenters. The molecule has 0 saturated carbocycles. The van der Waals surface area contributed by atoms with Crippen molar-refractivity contribution in [1.29, 1.82) is 0 Å². The van der Waals surface area contributed by atoms with Crippen LogP contribution in [0.1, 0.15) is 52.8 Å². The van der Waals surface area contributed by atoms with Gasteiger partial charge in [0.25, 0.3) is 11.8 Å². The van der Waals surface area contributed by atoms with Crippen LogP contribution in [-0.4, -0.2) is 78.1 Å². The van der Waals surface area contributed by atoms with Crippen molar-refractivity contribution in [1.82, 2.24) is 15.1 Å². The van der Waals surface area contributed by atoms with E-state index >= 15 is 0 Å². The minimum absolute atomic E-state index is 0.0876. The second-order valence-electron chi connectivity index (χ2n) is 8.29. The van der Waals surface area contributed by atoms with Gasteiger partial charge in [0.05, 0.1) is 11.1 Å². The summed E-state index contributed by atoms with van der Waals surface area (Å²) in [5, 5.41) is 2.20. The molecule has 2 saturated heterocycles. The van der Waals surface area contributed by atoms with E-state index in [9.17, 15) is 24.0 Å². The second kappa shape index (κ2) is 9.07. The molecule has 3 heterocycles. The number of nitrogens with two attached hydrogens (primary N) is 1. The Morgan fingerprint density at radius 3 is 2.41 bits per heavy atom. The van der Waals surface area contributed by atoms with Crippen LogP contribution in [0.15, 0.2) is 18.2 Å². The zero-order chi connectivity index (χ0) is 22.8. The number of anilines is 1. The van der Waals surface area contributed by atoms with Crippen molar-refractivity contribution < 1.29 is 24.0 Å². The maximum absolute atomic E-state index is 13.0. The maximum atomic E-state index is 13.0. The van der Waals surface area contributed by atoms with Crippen LogP contribution in [0.2, 0.25) is 0 Å². The van der Waals surface area contributed by atoms with Crippen LogP contribution in [0.3, 0.4) is 0 Å². The Kier molecular flexibility index (Phi) is 6.22. The van der Waals surface area contributed by atoms with Gasteiger partial charge in [0.2, 0.25) is 17.7 Å². The summed E-state index contributed by atoms with van der Waals surface area (Å²) in [5.41, 5.74) is 6.80. The van der Waals surface area contributed by atoms with E-state index in [4.69, 9.17) is 5.73 Å². The predicted molar refractivity (Wildman–Crippen MR) is 115 cm³/mol. The Balaban J connectivity index is 1.43. The Morgan fingerprint density at radius 1 is 1.00 bits per heavy atom. The molecule has 1 aromatic rings.